The highest BCUT2D eigenvalue weighted by Gasteiger charge is 2.38. The number of hydrogen-bond donors (Lipinski definition) is 2. The van der Waals surface area contributed by atoms with Gasteiger partial charge in [-0.2, -0.15) is 0 Å². The first-order valence-electron chi connectivity index (χ1n) is 6.19. The standard InChI is InChI=1S/C12H22N2O4/c1-12(17,11(16)18-3)8-14-7-5-4-6-9(14)10(15)13-2/h9,17H,4-8H2,1-3H3,(H,13,15). The molecular formula is C12H22N2O4. The SMILES string of the molecule is CNC(=O)C1CCCCN1CC(C)(O)C(=O)OC. The smallest absolute Gasteiger partial charge is 0.338 e. The van der Waals surface area contributed by atoms with Crippen LogP contribution < -0.4 is 5.32 Å². The van der Waals surface area contributed by atoms with Crippen LogP contribution >= 0.6 is 0 Å². The minimum absolute atomic E-state index is 0.0737. The summed E-state index contributed by atoms with van der Waals surface area (Å²) in [6.07, 6.45) is 2.69. The van der Waals surface area contributed by atoms with Crippen molar-refractivity contribution in [3.63, 3.8) is 0 Å². The number of aliphatic hydroxyl groups is 1. The predicted molar refractivity (Wildman–Crippen MR) is 65.9 cm³/mol. The highest BCUT2D eigenvalue weighted by molar-refractivity contribution is 5.82. The van der Waals surface area contributed by atoms with Crippen LogP contribution in [0.2, 0.25) is 0 Å². The third-order valence-corrected chi connectivity index (χ3v) is 3.30. The van der Waals surface area contributed by atoms with Gasteiger partial charge < -0.3 is 15.2 Å². The lowest BCUT2D eigenvalue weighted by molar-refractivity contribution is -0.164. The number of nitrogens with zero attached hydrogens (tertiary/aromatic N) is 1. The summed E-state index contributed by atoms with van der Waals surface area (Å²) in [7, 11) is 2.83. The van der Waals surface area contributed by atoms with E-state index in [9.17, 15) is 14.7 Å². The van der Waals surface area contributed by atoms with E-state index in [1.54, 1.807) is 7.05 Å². The zero-order valence-corrected chi connectivity index (χ0v) is 11.2. The number of ether oxygens (including phenoxy) is 1. The van der Waals surface area contributed by atoms with Crippen LogP contribution in [0.25, 0.3) is 0 Å². The molecule has 2 N–H and O–H groups in total. The summed E-state index contributed by atoms with van der Waals surface area (Å²) in [5.74, 6) is -0.751. The maximum Gasteiger partial charge on any atom is 0.338 e. The molecule has 1 saturated heterocycles. The Morgan fingerprint density at radius 3 is 2.72 bits per heavy atom. The second-order valence-corrected chi connectivity index (χ2v) is 4.86. The zero-order chi connectivity index (χ0) is 13.8. The number of amides is 1. The van der Waals surface area contributed by atoms with Gasteiger partial charge in [-0.05, 0) is 26.3 Å². The molecule has 0 aromatic rings. The van der Waals surface area contributed by atoms with Gasteiger partial charge >= 0.3 is 5.97 Å². The molecular weight excluding hydrogens is 236 g/mol. The average molecular weight is 258 g/mol. The maximum atomic E-state index is 11.8. The lowest BCUT2D eigenvalue weighted by Gasteiger charge is -2.37. The minimum atomic E-state index is -1.58. The van der Waals surface area contributed by atoms with Crippen molar-refractivity contribution < 1.29 is 19.4 Å². The molecule has 2 atom stereocenters. The topological polar surface area (TPSA) is 78.9 Å². The van der Waals surface area contributed by atoms with Crippen molar-refractivity contribution in [2.45, 2.75) is 37.8 Å². The summed E-state index contributed by atoms with van der Waals surface area (Å²) in [6.45, 7) is 2.22. The van der Waals surface area contributed by atoms with Crippen LogP contribution in [-0.4, -0.2) is 60.8 Å². The number of esters is 1. The molecule has 6 nitrogen and oxygen atoms in total. The van der Waals surface area contributed by atoms with Crippen molar-refractivity contribution in [3.8, 4) is 0 Å². The molecule has 0 saturated carbocycles. The summed E-state index contributed by atoms with van der Waals surface area (Å²) in [5.41, 5.74) is -1.58. The van der Waals surface area contributed by atoms with Crippen LogP contribution in [0.5, 0.6) is 0 Å². The highest BCUT2D eigenvalue weighted by atomic mass is 16.5. The Morgan fingerprint density at radius 1 is 1.50 bits per heavy atom. The molecule has 1 aliphatic heterocycles. The fourth-order valence-corrected chi connectivity index (χ4v) is 2.32. The number of nitrogens with one attached hydrogen (secondary N) is 1. The van der Waals surface area contributed by atoms with Crippen molar-refractivity contribution in [3.05, 3.63) is 0 Å². The molecule has 1 rings (SSSR count). The second kappa shape index (κ2) is 6.15. The number of piperidine rings is 1. The van der Waals surface area contributed by atoms with Gasteiger partial charge in [-0.3, -0.25) is 9.69 Å². The van der Waals surface area contributed by atoms with Gasteiger partial charge in [-0.1, -0.05) is 6.42 Å². The summed E-state index contributed by atoms with van der Waals surface area (Å²) < 4.78 is 4.56. The van der Waals surface area contributed by atoms with Crippen LogP contribution in [0.3, 0.4) is 0 Å². The molecule has 0 spiro atoms. The average Bonchev–Trinajstić information content (AvgIpc) is 2.37. The third-order valence-electron chi connectivity index (χ3n) is 3.30. The maximum absolute atomic E-state index is 11.8. The first-order chi connectivity index (χ1) is 8.42. The van der Waals surface area contributed by atoms with Gasteiger partial charge in [0, 0.05) is 13.6 Å². The molecule has 6 heteroatoms. The number of rotatable bonds is 4. The number of carbonyl (C=O) groups is 2. The summed E-state index contributed by atoms with van der Waals surface area (Å²) in [6, 6.07) is -0.278. The predicted octanol–water partition coefficient (Wildman–Crippen LogP) is -0.489. The van der Waals surface area contributed by atoms with Gasteiger partial charge in [0.15, 0.2) is 5.60 Å². The van der Waals surface area contributed by atoms with Crippen LogP contribution in [0.4, 0.5) is 0 Å². The van der Waals surface area contributed by atoms with Crippen molar-refractivity contribution >= 4 is 11.9 Å². The minimum Gasteiger partial charge on any atom is -0.467 e. The van der Waals surface area contributed by atoms with Crippen LogP contribution in [0.15, 0.2) is 0 Å². The molecule has 0 aromatic heterocycles. The van der Waals surface area contributed by atoms with Gasteiger partial charge in [0.2, 0.25) is 5.91 Å². The van der Waals surface area contributed by atoms with Gasteiger partial charge in [0.05, 0.1) is 13.2 Å². The molecule has 2 unspecified atom stereocenters. The normalized spacial score (nSPS) is 24.1. The fourth-order valence-electron chi connectivity index (χ4n) is 2.32. The second-order valence-electron chi connectivity index (χ2n) is 4.86. The van der Waals surface area contributed by atoms with Gasteiger partial charge in [0.1, 0.15) is 0 Å². The molecule has 104 valence electrons. The summed E-state index contributed by atoms with van der Waals surface area (Å²) >= 11 is 0. The van der Waals surface area contributed by atoms with Crippen molar-refractivity contribution in [2.24, 2.45) is 0 Å². The van der Waals surface area contributed by atoms with Gasteiger partial charge in [-0.25, -0.2) is 4.79 Å². The molecule has 1 amide bonds. The van der Waals surface area contributed by atoms with E-state index >= 15 is 0 Å². The molecule has 0 aromatic carbocycles. The summed E-state index contributed by atoms with van der Waals surface area (Å²) in [5, 5.41) is 12.7. The molecule has 1 aliphatic rings. The Kier molecular flexibility index (Phi) is 5.10. The molecule has 0 bridgehead atoms. The van der Waals surface area contributed by atoms with E-state index in [-0.39, 0.29) is 18.5 Å². The Hall–Kier alpha value is -1.14. The number of likely N-dealkylation sites (N-methyl/N-ethyl adjacent to an activating group) is 1. The van der Waals surface area contributed by atoms with Crippen molar-refractivity contribution in [1.29, 1.82) is 0 Å². The van der Waals surface area contributed by atoms with Gasteiger partial charge in [-0.15, -0.1) is 0 Å². The Labute approximate surface area is 107 Å². The van der Waals surface area contributed by atoms with E-state index in [4.69, 9.17) is 0 Å². The lowest BCUT2D eigenvalue weighted by atomic mass is 9.98. The number of hydrogen-bond acceptors (Lipinski definition) is 5. The molecule has 0 aliphatic carbocycles. The van der Waals surface area contributed by atoms with Crippen molar-refractivity contribution in [2.75, 3.05) is 27.2 Å². The first kappa shape index (κ1) is 14.9. The lowest BCUT2D eigenvalue weighted by Crippen LogP contribution is -2.55. The van der Waals surface area contributed by atoms with E-state index in [0.717, 1.165) is 19.3 Å². The Morgan fingerprint density at radius 2 is 2.17 bits per heavy atom. The van der Waals surface area contributed by atoms with Crippen molar-refractivity contribution in [1.82, 2.24) is 10.2 Å². The number of methoxy groups -OCH3 is 1. The first-order valence-corrected chi connectivity index (χ1v) is 6.19. The number of carbonyl (C=O) groups excluding carboxylic acids is 2. The molecule has 1 heterocycles. The van der Waals surface area contributed by atoms with Crippen LogP contribution in [0, 0.1) is 0 Å². The Balaban J connectivity index is 2.73. The fraction of sp³-hybridized carbons (Fsp3) is 0.833. The third kappa shape index (κ3) is 3.43. The largest absolute Gasteiger partial charge is 0.467 e. The van der Waals surface area contributed by atoms with Gasteiger partial charge in [0.25, 0.3) is 0 Å². The number of β-amino-alcohol motifs (C(OH)–C–C–N with tert-alkyl or cyclic N) is 1. The monoisotopic (exact) mass is 258 g/mol. The van der Waals surface area contributed by atoms with E-state index in [1.807, 2.05) is 4.90 Å². The van der Waals surface area contributed by atoms with Crippen LogP contribution in [0.1, 0.15) is 26.2 Å². The number of likely N-dealkylation sites (tertiary alicyclic amines) is 1. The quantitative estimate of drug-likeness (QED) is 0.665. The highest BCUT2D eigenvalue weighted by Crippen LogP contribution is 2.20. The molecule has 0 radical (unpaired) electrons. The zero-order valence-electron chi connectivity index (χ0n) is 11.2. The molecule has 1 fully saturated rings. The molecule has 18 heavy (non-hydrogen) atoms. The van der Waals surface area contributed by atoms with Crippen LogP contribution in [-0.2, 0) is 14.3 Å². The van der Waals surface area contributed by atoms with E-state index in [1.165, 1.54) is 14.0 Å². The van der Waals surface area contributed by atoms with E-state index in [0.29, 0.717) is 6.54 Å². The Bertz CT molecular complexity index is 317. The van der Waals surface area contributed by atoms with E-state index in [2.05, 4.69) is 10.1 Å². The summed E-state index contributed by atoms with van der Waals surface area (Å²) in [4.78, 5) is 25.1. The van der Waals surface area contributed by atoms with E-state index < -0.39 is 11.6 Å².